The molecule has 5 aromatic carbocycles. The van der Waals surface area contributed by atoms with Crippen LogP contribution in [0.2, 0.25) is 5.02 Å². The Bertz CT molecular complexity index is 2310. The van der Waals surface area contributed by atoms with Gasteiger partial charge in [-0.1, -0.05) is 126 Å². The van der Waals surface area contributed by atoms with Crippen LogP contribution in [0.15, 0.2) is 137 Å². The molecule has 0 radical (unpaired) electrons. The number of hydrogen-bond acceptors (Lipinski definition) is 6. The number of benzene rings is 5. The molecule has 0 spiro atoms. The summed E-state index contributed by atoms with van der Waals surface area (Å²) in [5, 5.41) is 2.62. The van der Waals surface area contributed by atoms with Crippen molar-refractivity contribution in [1.82, 2.24) is 4.57 Å². The molecule has 0 bridgehead atoms. The Hall–Kier alpha value is -5.24. The van der Waals surface area contributed by atoms with Gasteiger partial charge in [0.25, 0.3) is 5.56 Å². The largest absolute Gasteiger partial charge is 0.488 e. The molecule has 0 amide bonds. The molecule has 2 heterocycles. The van der Waals surface area contributed by atoms with Crippen LogP contribution in [0.4, 0.5) is 0 Å². The summed E-state index contributed by atoms with van der Waals surface area (Å²) < 4.78 is 14.0. The maximum absolute atomic E-state index is 14.5. The fraction of sp³-hybridized carbons (Fsp3) is 0.103. The van der Waals surface area contributed by atoms with E-state index >= 15 is 0 Å². The van der Waals surface area contributed by atoms with Gasteiger partial charge in [0.05, 0.1) is 28.5 Å². The Morgan fingerprint density at radius 1 is 0.894 bits per heavy atom. The first-order valence-corrected chi connectivity index (χ1v) is 16.4. The van der Waals surface area contributed by atoms with Crippen LogP contribution in [0.25, 0.3) is 22.5 Å². The van der Waals surface area contributed by atoms with Gasteiger partial charge < -0.3 is 9.47 Å². The first-order valence-electron chi connectivity index (χ1n) is 15.2. The fourth-order valence-corrected chi connectivity index (χ4v) is 6.92. The van der Waals surface area contributed by atoms with Gasteiger partial charge >= 0.3 is 5.97 Å². The minimum atomic E-state index is -0.739. The van der Waals surface area contributed by atoms with Gasteiger partial charge in [0.15, 0.2) is 4.80 Å². The monoisotopic (exact) mass is 656 g/mol. The van der Waals surface area contributed by atoms with Gasteiger partial charge in [0.2, 0.25) is 0 Å². The topological polar surface area (TPSA) is 69.9 Å². The number of carbonyl (C=O) groups excluding carboxylic acids is 1. The Kier molecular flexibility index (Phi) is 8.57. The first kappa shape index (κ1) is 30.4. The summed E-state index contributed by atoms with van der Waals surface area (Å²) in [6, 6.07) is 37.8. The minimum Gasteiger partial charge on any atom is -0.488 e. The molecular weight excluding hydrogens is 628 g/mol. The molecule has 0 saturated carbocycles. The van der Waals surface area contributed by atoms with Gasteiger partial charge in [-0.3, -0.25) is 9.36 Å². The van der Waals surface area contributed by atoms with Gasteiger partial charge in [-0.2, -0.15) is 0 Å². The molecule has 232 valence electrons. The Balaban J connectivity index is 1.45. The van der Waals surface area contributed by atoms with Crippen LogP contribution in [0.1, 0.15) is 35.2 Å². The van der Waals surface area contributed by atoms with Gasteiger partial charge in [-0.05, 0) is 53.1 Å². The lowest BCUT2D eigenvalue weighted by Gasteiger charge is -2.25. The third-order valence-corrected chi connectivity index (χ3v) is 9.24. The molecule has 0 N–H and O–H groups in total. The van der Waals surface area contributed by atoms with E-state index in [1.54, 1.807) is 11.5 Å². The predicted molar refractivity (Wildman–Crippen MR) is 187 cm³/mol. The second kappa shape index (κ2) is 13.2. The van der Waals surface area contributed by atoms with Crippen molar-refractivity contribution in [1.29, 1.82) is 0 Å². The lowest BCUT2D eigenvalue weighted by Crippen LogP contribution is -2.40. The normalized spacial score (nSPS) is 14.5. The third-order valence-electron chi connectivity index (χ3n) is 8.00. The number of nitrogens with zero attached hydrogens (tertiary/aromatic N) is 2. The molecule has 0 fully saturated rings. The molecule has 1 aliphatic heterocycles. The summed E-state index contributed by atoms with van der Waals surface area (Å²) in [5.74, 6) is 0.131. The van der Waals surface area contributed by atoms with E-state index in [0.29, 0.717) is 38.0 Å². The number of ether oxygens (including phenoxy) is 2. The average Bonchev–Trinajstić information content (AvgIpc) is 3.42. The molecule has 0 saturated heterocycles. The van der Waals surface area contributed by atoms with E-state index in [9.17, 15) is 9.59 Å². The van der Waals surface area contributed by atoms with Crippen LogP contribution < -0.4 is 19.6 Å². The summed E-state index contributed by atoms with van der Waals surface area (Å²) in [6.45, 7) is 2.29. The van der Waals surface area contributed by atoms with Crippen LogP contribution in [0.3, 0.4) is 0 Å². The van der Waals surface area contributed by atoms with Crippen molar-refractivity contribution in [3.63, 3.8) is 0 Å². The molecular formula is C39H29ClN2O4S. The fourth-order valence-electron chi connectivity index (χ4n) is 5.81. The zero-order chi connectivity index (χ0) is 32.3. The van der Waals surface area contributed by atoms with Crippen LogP contribution >= 0.6 is 22.9 Å². The average molecular weight is 657 g/mol. The molecule has 47 heavy (non-hydrogen) atoms. The summed E-state index contributed by atoms with van der Waals surface area (Å²) in [7, 11) is 0. The Morgan fingerprint density at radius 2 is 1.60 bits per heavy atom. The number of thiazole rings is 1. The first-order chi connectivity index (χ1) is 23.0. The van der Waals surface area contributed by atoms with Crippen molar-refractivity contribution in [2.75, 3.05) is 6.61 Å². The number of rotatable bonds is 8. The van der Waals surface area contributed by atoms with E-state index in [0.717, 1.165) is 33.0 Å². The molecule has 6 aromatic rings. The number of hydrogen-bond donors (Lipinski definition) is 0. The third kappa shape index (κ3) is 6.03. The van der Waals surface area contributed by atoms with Crippen molar-refractivity contribution in [2.24, 2.45) is 4.99 Å². The second-order valence-corrected chi connectivity index (χ2v) is 12.4. The van der Waals surface area contributed by atoms with E-state index < -0.39 is 12.0 Å². The molecule has 1 aliphatic rings. The highest BCUT2D eigenvalue weighted by Crippen LogP contribution is 2.35. The number of esters is 1. The maximum Gasteiger partial charge on any atom is 0.338 e. The number of aromatic nitrogens is 1. The number of carbonyl (C=O) groups is 1. The lowest BCUT2D eigenvalue weighted by atomic mass is 9.93. The van der Waals surface area contributed by atoms with Crippen LogP contribution in [-0.4, -0.2) is 17.1 Å². The SMILES string of the molecule is CCOC(=O)C1=C(c2ccccc2)N=c2s/c(=C\c3c(OCc4ccc(Cl)cc4)ccc4ccccc34)c(=O)n2[C@@H]1c1ccccc1. The van der Waals surface area contributed by atoms with Gasteiger partial charge in [-0.15, -0.1) is 0 Å². The molecule has 1 atom stereocenters. The van der Waals surface area contributed by atoms with Gasteiger partial charge in [-0.25, -0.2) is 9.79 Å². The summed E-state index contributed by atoms with van der Waals surface area (Å²) in [5.41, 5.74) is 3.85. The highest BCUT2D eigenvalue weighted by molar-refractivity contribution is 7.07. The summed E-state index contributed by atoms with van der Waals surface area (Å²) in [6.07, 6.45) is 1.88. The number of halogens is 1. The molecule has 7 rings (SSSR count). The standard InChI is InChI=1S/C39H29ClN2O4S/c1-2-45-38(44)34-35(27-12-5-3-6-13-27)41-39-42(36(34)28-14-7-4-8-15-28)37(43)33(47-39)23-31-30-16-10-9-11-26(30)19-22-32(31)46-24-25-17-20-29(40)21-18-25/h3-23,36H,2,24H2,1H3/b33-23-/t36-/m1/s1. The predicted octanol–water partition coefficient (Wildman–Crippen LogP) is 7.32. The molecule has 0 unspecified atom stereocenters. The van der Waals surface area contributed by atoms with Crippen molar-refractivity contribution in [3.05, 3.63) is 174 Å². The molecule has 8 heteroatoms. The van der Waals surface area contributed by atoms with Crippen LogP contribution in [-0.2, 0) is 16.1 Å². The Morgan fingerprint density at radius 3 is 2.34 bits per heavy atom. The highest BCUT2D eigenvalue weighted by atomic mass is 35.5. The zero-order valence-electron chi connectivity index (χ0n) is 25.4. The summed E-state index contributed by atoms with van der Waals surface area (Å²) in [4.78, 5) is 33.6. The van der Waals surface area contributed by atoms with E-state index in [-0.39, 0.29) is 12.2 Å². The maximum atomic E-state index is 14.5. The van der Waals surface area contributed by atoms with Crippen molar-refractivity contribution in [3.8, 4) is 5.75 Å². The van der Waals surface area contributed by atoms with E-state index in [1.165, 1.54) is 11.3 Å². The van der Waals surface area contributed by atoms with E-state index in [1.807, 2.05) is 127 Å². The quantitative estimate of drug-likeness (QED) is 0.161. The van der Waals surface area contributed by atoms with Crippen molar-refractivity contribution >= 4 is 51.5 Å². The molecule has 0 aliphatic carbocycles. The Labute approximate surface area is 280 Å². The van der Waals surface area contributed by atoms with Gasteiger partial charge in [0.1, 0.15) is 12.4 Å². The highest BCUT2D eigenvalue weighted by Gasteiger charge is 2.35. The minimum absolute atomic E-state index is 0.191. The zero-order valence-corrected chi connectivity index (χ0v) is 27.0. The second-order valence-electron chi connectivity index (χ2n) is 11.0. The summed E-state index contributed by atoms with van der Waals surface area (Å²) >= 11 is 7.38. The smallest absolute Gasteiger partial charge is 0.338 e. The van der Waals surface area contributed by atoms with Crippen LogP contribution in [0, 0.1) is 0 Å². The molecule has 1 aromatic heterocycles. The lowest BCUT2D eigenvalue weighted by molar-refractivity contribution is -0.138. The number of fused-ring (bicyclic) bond motifs is 2. The van der Waals surface area contributed by atoms with Crippen molar-refractivity contribution < 1.29 is 14.3 Å². The van der Waals surface area contributed by atoms with Crippen molar-refractivity contribution in [2.45, 2.75) is 19.6 Å². The van der Waals surface area contributed by atoms with Crippen LogP contribution in [0.5, 0.6) is 5.75 Å². The molecule has 6 nitrogen and oxygen atoms in total. The van der Waals surface area contributed by atoms with E-state index in [2.05, 4.69) is 0 Å². The van der Waals surface area contributed by atoms with E-state index in [4.69, 9.17) is 26.1 Å². The van der Waals surface area contributed by atoms with Gasteiger partial charge in [0, 0.05) is 16.1 Å².